The summed E-state index contributed by atoms with van der Waals surface area (Å²) in [6.07, 6.45) is 13.3. The largest absolute Gasteiger partial charge is 0.485 e. The highest BCUT2D eigenvalue weighted by atomic mass is 16.5. The van der Waals surface area contributed by atoms with Gasteiger partial charge in [0.1, 0.15) is 11.9 Å². The van der Waals surface area contributed by atoms with Crippen LogP contribution in [-0.2, 0) is 6.42 Å². The summed E-state index contributed by atoms with van der Waals surface area (Å²) in [7, 11) is 0. The summed E-state index contributed by atoms with van der Waals surface area (Å²) < 4.78 is 6.73. The maximum atomic E-state index is 6.73. The summed E-state index contributed by atoms with van der Waals surface area (Å²) >= 11 is 0. The molecule has 1 heterocycles. The molecule has 32 heavy (non-hydrogen) atoms. The fourth-order valence-corrected chi connectivity index (χ4v) is 6.35. The first kappa shape index (κ1) is 21.8. The Hall–Kier alpha value is -2.00. The Morgan fingerprint density at radius 1 is 0.812 bits per heavy atom. The number of nitrogens with two attached hydrogens (primary N) is 1. The molecule has 2 fully saturated rings. The molecular formula is C29H40N2O. The summed E-state index contributed by atoms with van der Waals surface area (Å²) in [5.74, 6) is 3.18. The molecule has 2 aliphatic carbocycles. The number of rotatable bonds is 6. The van der Waals surface area contributed by atoms with E-state index in [2.05, 4.69) is 53.4 Å². The fourth-order valence-electron chi connectivity index (χ4n) is 6.35. The fraction of sp³-hybridized carbons (Fsp3) is 0.586. The minimum Gasteiger partial charge on any atom is -0.485 e. The number of benzene rings is 2. The Kier molecular flexibility index (Phi) is 7.02. The number of hydrogen-bond acceptors (Lipinski definition) is 3. The summed E-state index contributed by atoms with van der Waals surface area (Å²) in [6, 6.07) is 17.9. The molecule has 0 amide bonds. The van der Waals surface area contributed by atoms with Gasteiger partial charge in [-0.25, -0.2) is 0 Å². The van der Waals surface area contributed by atoms with E-state index in [1.165, 1.54) is 87.7 Å². The van der Waals surface area contributed by atoms with Crippen LogP contribution in [0.5, 0.6) is 5.75 Å². The number of fused-ring (bicyclic) bond motifs is 1. The number of nitrogens with zero attached hydrogens (tertiary/aromatic N) is 1. The van der Waals surface area contributed by atoms with Crippen molar-refractivity contribution in [1.29, 1.82) is 0 Å². The molecule has 0 spiro atoms. The maximum Gasteiger partial charge on any atom is 0.127 e. The number of anilines is 1. The highest BCUT2D eigenvalue weighted by molar-refractivity contribution is 5.49. The van der Waals surface area contributed by atoms with E-state index in [1.54, 1.807) is 0 Å². The lowest BCUT2D eigenvalue weighted by Gasteiger charge is -2.31. The number of ether oxygens (including phenoxy) is 1. The predicted octanol–water partition coefficient (Wildman–Crippen LogP) is 6.51. The Balaban J connectivity index is 1.27. The second kappa shape index (κ2) is 10.3. The van der Waals surface area contributed by atoms with Gasteiger partial charge < -0.3 is 15.4 Å². The summed E-state index contributed by atoms with van der Waals surface area (Å²) in [6.45, 7) is 3.23. The third-order valence-corrected chi connectivity index (χ3v) is 8.28. The lowest BCUT2D eigenvalue weighted by Crippen LogP contribution is -2.24. The normalized spacial score (nSPS) is 28.2. The topological polar surface area (TPSA) is 38.5 Å². The van der Waals surface area contributed by atoms with Gasteiger partial charge in [-0.3, -0.25) is 0 Å². The molecule has 0 aromatic heterocycles. The van der Waals surface area contributed by atoms with Crippen molar-refractivity contribution < 1.29 is 4.74 Å². The standard InChI is InChI=1S/C29H40N2O/c30-21-23-11-9-22(10-12-23)19-25-20-24-7-3-4-8-28(24)29(25)32-27-15-13-26(14-16-27)31-17-5-1-2-6-18-31/h3-4,7-8,13-16,22-23,25,29H,1-2,5-6,9-12,17-21,30H2/t22?,23?,25-,29+/m1/s1. The highest BCUT2D eigenvalue weighted by Crippen LogP contribution is 2.44. The van der Waals surface area contributed by atoms with Gasteiger partial charge >= 0.3 is 0 Å². The first-order valence-corrected chi connectivity index (χ1v) is 13.1. The van der Waals surface area contributed by atoms with Crippen LogP contribution in [0.1, 0.15) is 75.0 Å². The molecule has 2 aromatic rings. The third-order valence-electron chi connectivity index (χ3n) is 8.28. The molecule has 172 valence electrons. The van der Waals surface area contributed by atoms with Crippen LogP contribution in [0.3, 0.4) is 0 Å². The smallest absolute Gasteiger partial charge is 0.127 e. The van der Waals surface area contributed by atoms with Gasteiger partial charge in [0, 0.05) is 24.7 Å². The second-order valence-corrected chi connectivity index (χ2v) is 10.5. The molecule has 0 unspecified atom stereocenters. The molecule has 0 radical (unpaired) electrons. The summed E-state index contributed by atoms with van der Waals surface area (Å²) in [5.41, 5.74) is 10.2. The molecule has 3 heteroatoms. The van der Waals surface area contributed by atoms with Crippen molar-refractivity contribution in [3.63, 3.8) is 0 Å². The maximum absolute atomic E-state index is 6.73. The van der Waals surface area contributed by atoms with Crippen molar-refractivity contribution >= 4 is 5.69 Å². The van der Waals surface area contributed by atoms with Crippen LogP contribution in [-0.4, -0.2) is 19.6 Å². The van der Waals surface area contributed by atoms with E-state index in [-0.39, 0.29) is 6.10 Å². The summed E-state index contributed by atoms with van der Waals surface area (Å²) in [4.78, 5) is 2.54. The molecule has 3 aliphatic rings. The van der Waals surface area contributed by atoms with Gasteiger partial charge in [-0.1, -0.05) is 49.9 Å². The van der Waals surface area contributed by atoms with Crippen molar-refractivity contribution in [1.82, 2.24) is 0 Å². The van der Waals surface area contributed by atoms with Crippen molar-refractivity contribution in [3.8, 4) is 5.75 Å². The SMILES string of the molecule is NCC1CCC(C[C@@H]2Cc3ccccc3[C@H]2Oc2ccc(N3CCCCCC3)cc2)CC1. The molecule has 2 N–H and O–H groups in total. The first-order valence-electron chi connectivity index (χ1n) is 13.1. The van der Waals surface area contributed by atoms with E-state index in [4.69, 9.17) is 10.5 Å². The van der Waals surface area contributed by atoms with Gasteiger partial charge in [0.05, 0.1) is 0 Å². The third kappa shape index (κ3) is 4.98. The summed E-state index contributed by atoms with van der Waals surface area (Å²) in [5, 5.41) is 0. The van der Waals surface area contributed by atoms with Crippen LogP contribution < -0.4 is 15.4 Å². The van der Waals surface area contributed by atoms with Gasteiger partial charge in [0.15, 0.2) is 0 Å². The highest BCUT2D eigenvalue weighted by Gasteiger charge is 2.36. The minimum atomic E-state index is 0.183. The van der Waals surface area contributed by atoms with E-state index in [1.807, 2.05) is 0 Å². The Bertz CT molecular complexity index is 848. The number of hydrogen-bond donors (Lipinski definition) is 1. The molecule has 3 nitrogen and oxygen atoms in total. The molecule has 1 saturated carbocycles. The van der Waals surface area contributed by atoms with Gasteiger partial charge in [-0.15, -0.1) is 0 Å². The molecule has 5 rings (SSSR count). The van der Waals surface area contributed by atoms with Crippen LogP contribution in [0, 0.1) is 17.8 Å². The van der Waals surface area contributed by atoms with Crippen LogP contribution in [0.2, 0.25) is 0 Å². The molecule has 1 aliphatic heterocycles. The van der Waals surface area contributed by atoms with E-state index >= 15 is 0 Å². The van der Waals surface area contributed by atoms with Crippen LogP contribution in [0.4, 0.5) is 5.69 Å². The molecular weight excluding hydrogens is 392 g/mol. The minimum absolute atomic E-state index is 0.183. The Morgan fingerprint density at radius 2 is 1.50 bits per heavy atom. The molecule has 1 saturated heterocycles. The zero-order chi connectivity index (χ0) is 21.8. The van der Waals surface area contributed by atoms with Gasteiger partial charge in [-0.05, 0) is 92.3 Å². The Morgan fingerprint density at radius 3 is 2.22 bits per heavy atom. The second-order valence-electron chi connectivity index (χ2n) is 10.5. The van der Waals surface area contributed by atoms with Crippen LogP contribution in [0.15, 0.2) is 48.5 Å². The lowest BCUT2D eigenvalue weighted by atomic mass is 9.77. The lowest BCUT2D eigenvalue weighted by molar-refractivity contribution is 0.119. The van der Waals surface area contributed by atoms with E-state index in [9.17, 15) is 0 Å². The average molecular weight is 433 g/mol. The predicted molar refractivity (Wildman–Crippen MR) is 133 cm³/mol. The van der Waals surface area contributed by atoms with Gasteiger partial charge in [-0.2, -0.15) is 0 Å². The van der Waals surface area contributed by atoms with Crippen LogP contribution >= 0.6 is 0 Å². The van der Waals surface area contributed by atoms with E-state index in [0.29, 0.717) is 5.92 Å². The molecule has 2 aromatic carbocycles. The molecule has 0 bridgehead atoms. The monoisotopic (exact) mass is 432 g/mol. The van der Waals surface area contributed by atoms with Gasteiger partial charge in [0.25, 0.3) is 0 Å². The van der Waals surface area contributed by atoms with Gasteiger partial charge in [0.2, 0.25) is 0 Å². The van der Waals surface area contributed by atoms with Crippen LogP contribution in [0.25, 0.3) is 0 Å². The van der Waals surface area contributed by atoms with E-state index < -0.39 is 0 Å². The Labute approximate surface area is 194 Å². The zero-order valence-corrected chi connectivity index (χ0v) is 19.6. The molecule has 2 atom stereocenters. The van der Waals surface area contributed by atoms with Crippen molar-refractivity contribution in [2.75, 3.05) is 24.5 Å². The van der Waals surface area contributed by atoms with E-state index in [0.717, 1.165) is 30.6 Å². The van der Waals surface area contributed by atoms with Crippen molar-refractivity contribution in [3.05, 3.63) is 59.7 Å². The van der Waals surface area contributed by atoms with Crippen molar-refractivity contribution in [2.45, 2.75) is 70.3 Å². The quantitative estimate of drug-likeness (QED) is 0.565. The average Bonchev–Trinajstić information content (AvgIpc) is 3.00. The first-order chi connectivity index (χ1) is 15.8. The van der Waals surface area contributed by atoms with Crippen molar-refractivity contribution in [2.24, 2.45) is 23.5 Å². The zero-order valence-electron chi connectivity index (χ0n) is 19.6.